The summed E-state index contributed by atoms with van der Waals surface area (Å²) < 4.78 is 5.56. The van der Waals surface area contributed by atoms with E-state index in [0.717, 1.165) is 6.07 Å². The van der Waals surface area contributed by atoms with Crippen molar-refractivity contribution in [1.82, 2.24) is 0 Å². The Morgan fingerprint density at radius 2 is 1.96 bits per heavy atom. The standard InChI is InChI=1S/C17H11Cl2NO6/c18-11-4-5-15(14(19)8-11)26-12-7-10(3-1-2-6-21)16(20(24)25)13(9-12)17(22)23/h4-5,7-9,21H,3,6H2,(H,22,23). The van der Waals surface area contributed by atoms with Gasteiger partial charge in [0, 0.05) is 23.1 Å². The molecule has 0 bridgehead atoms. The van der Waals surface area contributed by atoms with E-state index in [1.165, 1.54) is 24.3 Å². The van der Waals surface area contributed by atoms with E-state index in [9.17, 15) is 20.0 Å². The number of hydrogen-bond donors (Lipinski definition) is 2. The third-order valence-electron chi connectivity index (χ3n) is 3.18. The fraction of sp³-hybridized carbons (Fsp3) is 0.118. The molecule has 0 saturated carbocycles. The maximum absolute atomic E-state index is 11.4. The number of carboxylic acids is 1. The average Bonchev–Trinajstić information content (AvgIpc) is 2.57. The molecular weight excluding hydrogens is 385 g/mol. The highest BCUT2D eigenvalue weighted by molar-refractivity contribution is 6.35. The third kappa shape index (κ3) is 4.64. The molecule has 2 aromatic carbocycles. The van der Waals surface area contributed by atoms with Crippen molar-refractivity contribution in [3.05, 3.63) is 61.6 Å². The molecule has 0 aliphatic heterocycles. The fourth-order valence-electron chi connectivity index (χ4n) is 2.14. The van der Waals surface area contributed by atoms with E-state index in [1.54, 1.807) is 0 Å². The molecule has 0 aliphatic carbocycles. The van der Waals surface area contributed by atoms with Gasteiger partial charge >= 0.3 is 5.97 Å². The summed E-state index contributed by atoms with van der Waals surface area (Å²) in [5, 5.41) is 29.9. The van der Waals surface area contributed by atoms with Crippen molar-refractivity contribution in [2.75, 3.05) is 6.61 Å². The minimum atomic E-state index is -1.49. The molecule has 7 nitrogen and oxygen atoms in total. The van der Waals surface area contributed by atoms with Gasteiger partial charge in [0.05, 0.1) is 9.95 Å². The minimum absolute atomic E-state index is 0.0379. The smallest absolute Gasteiger partial charge is 0.342 e. The number of rotatable bonds is 5. The Labute approximate surface area is 157 Å². The molecule has 2 N–H and O–H groups in total. The highest BCUT2D eigenvalue weighted by Gasteiger charge is 2.26. The van der Waals surface area contributed by atoms with Crippen molar-refractivity contribution < 1.29 is 24.7 Å². The number of hydrogen-bond acceptors (Lipinski definition) is 5. The zero-order valence-corrected chi connectivity index (χ0v) is 14.5. The average molecular weight is 396 g/mol. The molecule has 0 heterocycles. The first-order chi connectivity index (χ1) is 12.3. The topological polar surface area (TPSA) is 110 Å². The molecule has 0 unspecified atom stereocenters. The number of carboxylic acid groups (broad SMARTS) is 1. The number of carbonyl (C=O) groups is 1. The normalized spacial score (nSPS) is 9.96. The number of aliphatic hydroxyl groups is 1. The van der Waals surface area contributed by atoms with Crippen molar-refractivity contribution in [2.45, 2.75) is 6.42 Å². The zero-order chi connectivity index (χ0) is 19.3. The second-order valence-electron chi connectivity index (χ2n) is 4.91. The molecule has 26 heavy (non-hydrogen) atoms. The molecule has 134 valence electrons. The van der Waals surface area contributed by atoms with E-state index in [2.05, 4.69) is 11.8 Å². The minimum Gasteiger partial charge on any atom is -0.477 e. The third-order valence-corrected chi connectivity index (χ3v) is 3.71. The van der Waals surface area contributed by atoms with E-state index >= 15 is 0 Å². The molecule has 0 aromatic heterocycles. The van der Waals surface area contributed by atoms with E-state index in [4.69, 9.17) is 33.0 Å². The summed E-state index contributed by atoms with van der Waals surface area (Å²) in [6.45, 7) is -0.420. The number of nitro groups is 1. The lowest BCUT2D eigenvalue weighted by atomic mass is 10.0. The van der Waals surface area contributed by atoms with Gasteiger partial charge in [-0.15, -0.1) is 0 Å². The van der Waals surface area contributed by atoms with Gasteiger partial charge in [-0.05, 0) is 24.3 Å². The number of benzene rings is 2. The number of aromatic carboxylic acids is 1. The summed E-state index contributed by atoms with van der Waals surface area (Å²) in [4.78, 5) is 22.0. The van der Waals surface area contributed by atoms with Gasteiger partial charge in [-0.2, -0.15) is 0 Å². The second kappa shape index (κ2) is 8.54. The van der Waals surface area contributed by atoms with Crippen LogP contribution in [-0.4, -0.2) is 27.7 Å². The molecule has 0 saturated heterocycles. The maximum atomic E-state index is 11.4. The second-order valence-corrected chi connectivity index (χ2v) is 5.75. The summed E-state index contributed by atoms with van der Waals surface area (Å²) in [6.07, 6.45) is -0.136. The Morgan fingerprint density at radius 1 is 1.23 bits per heavy atom. The number of ether oxygens (including phenoxy) is 1. The van der Waals surface area contributed by atoms with Crippen molar-refractivity contribution >= 4 is 34.9 Å². The van der Waals surface area contributed by atoms with Gasteiger partial charge in [0.15, 0.2) is 0 Å². The Balaban J connectivity index is 2.55. The van der Waals surface area contributed by atoms with Gasteiger partial charge in [0.2, 0.25) is 0 Å². The largest absolute Gasteiger partial charge is 0.477 e. The SMILES string of the molecule is O=C(O)c1cc(Oc2ccc(Cl)cc2Cl)cc(CC#CCO)c1[N+](=O)[O-]. The number of nitrogens with zero attached hydrogens (tertiary/aromatic N) is 1. The van der Waals surface area contributed by atoms with Crippen LogP contribution in [-0.2, 0) is 6.42 Å². The monoisotopic (exact) mass is 395 g/mol. The Hall–Kier alpha value is -2.79. The van der Waals surface area contributed by atoms with Gasteiger partial charge in [0.1, 0.15) is 23.7 Å². The molecule has 0 aliphatic rings. The highest BCUT2D eigenvalue weighted by atomic mass is 35.5. The Bertz CT molecular complexity index is 933. The van der Waals surface area contributed by atoms with Crippen molar-refractivity contribution in [3.8, 4) is 23.3 Å². The molecule has 2 rings (SSSR count). The molecule has 0 spiro atoms. The van der Waals surface area contributed by atoms with Crippen LogP contribution in [0.4, 0.5) is 5.69 Å². The lowest BCUT2D eigenvalue weighted by molar-refractivity contribution is -0.385. The number of aliphatic hydroxyl groups excluding tert-OH is 1. The van der Waals surface area contributed by atoms with Crippen LogP contribution in [0, 0.1) is 22.0 Å². The van der Waals surface area contributed by atoms with Crippen LogP contribution < -0.4 is 4.74 Å². The summed E-state index contributed by atoms with van der Waals surface area (Å²) >= 11 is 11.8. The van der Waals surface area contributed by atoms with Gasteiger partial charge in [-0.25, -0.2) is 4.79 Å². The summed E-state index contributed by atoms with van der Waals surface area (Å²) in [7, 11) is 0. The summed E-state index contributed by atoms with van der Waals surface area (Å²) in [5.41, 5.74) is -1.09. The maximum Gasteiger partial charge on any atom is 0.342 e. The first-order valence-electron chi connectivity index (χ1n) is 7.07. The van der Waals surface area contributed by atoms with Gasteiger partial charge in [-0.1, -0.05) is 35.0 Å². The van der Waals surface area contributed by atoms with Gasteiger partial charge < -0.3 is 14.9 Å². The summed E-state index contributed by atoms with van der Waals surface area (Å²) in [5.74, 6) is 3.64. The van der Waals surface area contributed by atoms with Crippen molar-refractivity contribution in [2.24, 2.45) is 0 Å². The molecule has 0 atom stereocenters. The Morgan fingerprint density at radius 3 is 2.54 bits per heavy atom. The van der Waals surface area contributed by atoms with Crippen LogP contribution in [0.1, 0.15) is 15.9 Å². The van der Waals surface area contributed by atoms with Crippen LogP contribution in [0.5, 0.6) is 11.5 Å². The first kappa shape index (κ1) is 19.5. The predicted molar refractivity (Wildman–Crippen MR) is 95.2 cm³/mol. The van der Waals surface area contributed by atoms with Crippen molar-refractivity contribution in [3.63, 3.8) is 0 Å². The summed E-state index contributed by atoms with van der Waals surface area (Å²) in [6, 6.07) is 6.79. The van der Waals surface area contributed by atoms with E-state index in [0.29, 0.717) is 5.02 Å². The van der Waals surface area contributed by atoms with Gasteiger partial charge in [0.25, 0.3) is 5.69 Å². The van der Waals surface area contributed by atoms with Crippen LogP contribution in [0.3, 0.4) is 0 Å². The lowest BCUT2D eigenvalue weighted by Crippen LogP contribution is -2.06. The number of nitro benzene ring substituents is 1. The molecular formula is C17H11Cl2NO6. The van der Waals surface area contributed by atoms with E-state index in [1.807, 2.05) is 0 Å². The lowest BCUT2D eigenvalue weighted by Gasteiger charge is -2.11. The van der Waals surface area contributed by atoms with Crippen molar-refractivity contribution in [1.29, 1.82) is 0 Å². The molecule has 0 amide bonds. The van der Waals surface area contributed by atoms with Gasteiger partial charge in [-0.3, -0.25) is 10.1 Å². The van der Waals surface area contributed by atoms with Crippen LogP contribution in [0.15, 0.2) is 30.3 Å². The molecule has 2 aromatic rings. The molecule has 0 fully saturated rings. The first-order valence-corrected chi connectivity index (χ1v) is 7.83. The predicted octanol–water partition coefficient (Wildman–Crippen LogP) is 3.93. The highest BCUT2D eigenvalue weighted by Crippen LogP contribution is 2.35. The Kier molecular flexibility index (Phi) is 6.41. The van der Waals surface area contributed by atoms with Crippen LogP contribution >= 0.6 is 23.2 Å². The molecule has 0 radical (unpaired) electrons. The van der Waals surface area contributed by atoms with E-state index < -0.39 is 28.8 Å². The fourth-order valence-corrected chi connectivity index (χ4v) is 2.58. The molecule has 9 heteroatoms. The quantitative estimate of drug-likeness (QED) is 0.450. The zero-order valence-electron chi connectivity index (χ0n) is 13.0. The van der Waals surface area contributed by atoms with Crippen LogP contribution in [0.25, 0.3) is 0 Å². The number of halogens is 2. The van der Waals surface area contributed by atoms with Crippen LogP contribution in [0.2, 0.25) is 10.0 Å². The van der Waals surface area contributed by atoms with E-state index in [-0.39, 0.29) is 28.5 Å².